The Bertz CT molecular complexity index is 436. The summed E-state index contributed by atoms with van der Waals surface area (Å²) in [6.07, 6.45) is 2.10. The van der Waals surface area contributed by atoms with Crippen LogP contribution in [0.5, 0.6) is 5.75 Å². The van der Waals surface area contributed by atoms with Gasteiger partial charge in [0.25, 0.3) is 0 Å². The predicted octanol–water partition coefficient (Wildman–Crippen LogP) is 2.34. The second-order valence-corrected chi connectivity index (χ2v) is 4.67. The molecule has 1 aromatic rings. The first-order valence-electron chi connectivity index (χ1n) is 6.04. The molecular weight excluding hydrogens is 214 g/mol. The van der Waals surface area contributed by atoms with E-state index in [1.165, 1.54) is 5.56 Å². The highest BCUT2D eigenvalue weighted by atomic mass is 16.5. The summed E-state index contributed by atoms with van der Waals surface area (Å²) in [6.45, 7) is 4.73. The van der Waals surface area contributed by atoms with E-state index in [1.807, 2.05) is 19.1 Å². The molecule has 0 atom stereocenters. The molecule has 1 fully saturated rings. The number of rotatable bonds is 4. The van der Waals surface area contributed by atoms with E-state index in [4.69, 9.17) is 4.74 Å². The van der Waals surface area contributed by atoms with Crippen molar-refractivity contribution in [1.29, 1.82) is 0 Å². The summed E-state index contributed by atoms with van der Waals surface area (Å²) in [6, 6.07) is 3.98. The average Bonchev–Trinajstić information content (AvgIpc) is 3.15. The molecule has 0 bridgehead atoms. The summed E-state index contributed by atoms with van der Waals surface area (Å²) in [5.41, 5.74) is 3.50. The van der Waals surface area contributed by atoms with Gasteiger partial charge in [-0.05, 0) is 49.4 Å². The lowest BCUT2D eigenvalue weighted by Gasteiger charge is -2.13. The molecule has 0 radical (unpaired) electrons. The summed E-state index contributed by atoms with van der Waals surface area (Å²) in [5, 5.41) is 2.99. The molecule has 0 unspecified atom stereocenters. The van der Waals surface area contributed by atoms with Crippen LogP contribution in [0.3, 0.4) is 0 Å². The van der Waals surface area contributed by atoms with Crippen LogP contribution in [0, 0.1) is 19.8 Å². The summed E-state index contributed by atoms with van der Waals surface area (Å²) in [4.78, 5) is 11.6. The first kappa shape index (κ1) is 12.0. The van der Waals surface area contributed by atoms with Gasteiger partial charge in [-0.3, -0.25) is 4.79 Å². The molecule has 0 aromatic heterocycles. The van der Waals surface area contributed by atoms with Crippen LogP contribution in [-0.2, 0) is 11.3 Å². The SMILES string of the molecule is COc1ccc(CNC(=O)C2CC2)c(C)c1C. The molecule has 1 aliphatic carbocycles. The molecule has 1 aromatic carbocycles. The van der Waals surface area contributed by atoms with E-state index in [2.05, 4.69) is 12.2 Å². The maximum absolute atomic E-state index is 11.6. The molecule has 0 saturated heterocycles. The summed E-state index contributed by atoms with van der Waals surface area (Å²) < 4.78 is 5.27. The van der Waals surface area contributed by atoms with Gasteiger partial charge in [0.1, 0.15) is 5.75 Å². The van der Waals surface area contributed by atoms with Crippen LogP contribution in [0.1, 0.15) is 29.5 Å². The van der Waals surface area contributed by atoms with Gasteiger partial charge < -0.3 is 10.1 Å². The van der Waals surface area contributed by atoms with E-state index in [-0.39, 0.29) is 11.8 Å². The second kappa shape index (κ2) is 4.78. The fraction of sp³-hybridized carbons (Fsp3) is 0.500. The van der Waals surface area contributed by atoms with Crippen molar-refractivity contribution in [3.8, 4) is 5.75 Å². The van der Waals surface area contributed by atoms with Crippen LogP contribution in [0.25, 0.3) is 0 Å². The molecule has 3 heteroatoms. The van der Waals surface area contributed by atoms with Crippen molar-refractivity contribution < 1.29 is 9.53 Å². The van der Waals surface area contributed by atoms with Crippen molar-refractivity contribution in [3.63, 3.8) is 0 Å². The quantitative estimate of drug-likeness (QED) is 0.866. The maximum Gasteiger partial charge on any atom is 0.223 e. The maximum atomic E-state index is 11.6. The van der Waals surface area contributed by atoms with Gasteiger partial charge in [0.2, 0.25) is 5.91 Å². The van der Waals surface area contributed by atoms with Crippen molar-refractivity contribution in [2.75, 3.05) is 7.11 Å². The highest BCUT2D eigenvalue weighted by Gasteiger charge is 2.29. The van der Waals surface area contributed by atoms with E-state index >= 15 is 0 Å². The third-order valence-corrected chi connectivity index (χ3v) is 3.47. The van der Waals surface area contributed by atoms with Gasteiger partial charge in [0, 0.05) is 12.5 Å². The van der Waals surface area contributed by atoms with E-state index in [1.54, 1.807) is 7.11 Å². The van der Waals surface area contributed by atoms with Crippen LogP contribution in [0.4, 0.5) is 0 Å². The molecule has 1 N–H and O–H groups in total. The van der Waals surface area contributed by atoms with E-state index in [9.17, 15) is 4.79 Å². The summed E-state index contributed by atoms with van der Waals surface area (Å²) in [7, 11) is 1.68. The molecule has 2 rings (SSSR count). The van der Waals surface area contributed by atoms with Crippen molar-refractivity contribution in [2.24, 2.45) is 5.92 Å². The Labute approximate surface area is 102 Å². The molecule has 0 heterocycles. The number of hydrogen-bond acceptors (Lipinski definition) is 2. The van der Waals surface area contributed by atoms with Crippen LogP contribution in [-0.4, -0.2) is 13.0 Å². The summed E-state index contributed by atoms with van der Waals surface area (Å²) >= 11 is 0. The minimum Gasteiger partial charge on any atom is -0.496 e. The number of carbonyl (C=O) groups excluding carboxylic acids is 1. The molecule has 0 spiro atoms. The van der Waals surface area contributed by atoms with Crippen LogP contribution in [0.15, 0.2) is 12.1 Å². The Morgan fingerprint density at radius 1 is 1.35 bits per heavy atom. The predicted molar refractivity (Wildman–Crippen MR) is 67.0 cm³/mol. The van der Waals surface area contributed by atoms with Crippen molar-refractivity contribution in [1.82, 2.24) is 5.32 Å². The minimum absolute atomic E-state index is 0.192. The Morgan fingerprint density at radius 2 is 2.06 bits per heavy atom. The third-order valence-electron chi connectivity index (χ3n) is 3.47. The zero-order valence-electron chi connectivity index (χ0n) is 10.7. The molecule has 3 nitrogen and oxygen atoms in total. The molecule has 1 saturated carbocycles. The van der Waals surface area contributed by atoms with Gasteiger partial charge in [0.05, 0.1) is 7.11 Å². The first-order valence-corrected chi connectivity index (χ1v) is 6.04. The van der Waals surface area contributed by atoms with Crippen LogP contribution < -0.4 is 10.1 Å². The van der Waals surface area contributed by atoms with Gasteiger partial charge in [-0.25, -0.2) is 0 Å². The van der Waals surface area contributed by atoms with E-state index < -0.39 is 0 Å². The smallest absolute Gasteiger partial charge is 0.223 e. The van der Waals surface area contributed by atoms with Gasteiger partial charge in [-0.1, -0.05) is 6.07 Å². The summed E-state index contributed by atoms with van der Waals surface area (Å²) in [5.74, 6) is 1.37. The van der Waals surface area contributed by atoms with Crippen molar-refractivity contribution >= 4 is 5.91 Å². The monoisotopic (exact) mass is 233 g/mol. The average molecular weight is 233 g/mol. The van der Waals surface area contributed by atoms with Crippen molar-refractivity contribution in [2.45, 2.75) is 33.2 Å². The topological polar surface area (TPSA) is 38.3 Å². The lowest BCUT2D eigenvalue weighted by Crippen LogP contribution is -2.24. The van der Waals surface area contributed by atoms with E-state index in [0.717, 1.165) is 29.7 Å². The largest absolute Gasteiger partial charge is 0.496 e. The van der Waals surface area contributed by atoms with Crippen LogP contribution >= 0.6 is 0 Å². The molecule has 1 amide bonds. The molecule has 92 valence electrons. The Kier molecular flexibility index (Phi) is 3.36. The zero-order chi connectivity index (χ0) is 12.4. The Hall–Kier alpha value is -1.51. The zero-order valence-corrected chi connectivity index (χ0v) is 10.7. The normalized spacial score (nSPS) is 14.5. The van der Waals surface area contributed by atoms with Gasteiger partial charge in [-0.15, -0.1) is 0 Å². The first-order chi connectivity index (χ1) is 8.13. The number of benzene rings is 1. The van der Waals surface area contributed by atoms with Gasteiger partial charge in [0.15, 0.2) is 0 Å². The Balaban J connectivity index is 2.05. The lowest BCUT2D eigenvalue weighted by molar-refractivity contribution is -0.122. The third kappa shape index (κ3) is 2.60. The number of hydrogen-bond donors (Lipinski definition) is 1. The highest BCUT2D eigenvalue weighted by molar-refractivity contribution is 5.80. The van der Waals surface area contributed by atoms with Crippen molar-refractivity contribution in [3.05, 3.63) is 28.8 Å². The highest BCUT2D eigenvalue weighted by Crippen LogP contribution is 2.29. The van der Waals surface area contributed by atoms with Gasteiger partial charge in [-0.2, -0.15) is 0 Å². The lowest BCUT2D eigenvalue weighted by atomic mass is 10.0. The number of amides is 1. The van der Waals surface area contributed by atoms with Gasteiger partial charge >= 0.3 is 0 Å². The second-order valence-electron chi connectivity index (χ2n) is 4.67. The fourth-order valence-corrected chi connectivity index (χ4v) is 1.94. The Morgan fingerprint density at radius 3 is 2.65 bits per heavy atom. The number of carbonyl (C=O) groups is 1. The standard InChI is InChI=1S/C14H19NO2/c1-9-10(2)13(17-3)7-6-12(9)8-15-14(16)11-4-5-11/h6-7,11H,4-5,8H2,1-3H3,(H,15,16). The number of nitrogens with one attached hydrogen (secondary N) is 1. The van der Waals surface area contributed by atoms with Crippen LogP contribution in [0.2, 0.25) is 0 Å². The molecule has 17 heavy (non-hydrogen) atoms. The van der Waals surface area contributed by atoms with E-state index in [0.29, 0.717) is 6.54 Å². The molecule has 1 aliphatic rings. The number of ether oxygens (including phenoxy) is 1. The fourth-order valence-electron chi connectivity index (χ4n) is 1.94. The molecular formula is C14H19NO2. The molecule has 0 aliphatic heterocycles. The number of methoxy groups -OCH3 is 1. The minimum atomic E-state index is 0.192.